The molecule has 0 aliphatic heterocycles. The van der Waals surface area contributed by atoms with Crippen molar-refractivity contribution in [3.8, 4) is 0 Å². The molecule has 0 saturated heterocycles. The van der Waals surface area contributed by atoms with E-state index in [-0.39, 0.29) is 0 Å². The molecule has 0 unspecified atom stereocenters. The van der Waals surface area contributed by atoms with Gasteiger partial charge in [-0.3, -0.25) is 4.79 Å². The van der Waals surface area contributed by atoms with Crippen LogP contribution in [0.4, 0.5) is 5.69 Å². The third-order valence-corrected chi connectivity index (χ3v) is 3.36. The number of anilines is 1. The Morgan fingerprint density at radius 3 is 2.85 bits per heavy atom. The highest BCUT2D eigenvalue weighted by atomic mass is 16.1. The molecule has 1 heterocycles. The van der Waals surface area contributed by atoms with Crippen LogP contribution in [0.15, 0.2) is 30.7 Å². The maximum Gasteiger partial charge on any atom is 0.249 e. The van der Waals surface area contributed by atoms with Crippen molar-refractivity contribution in [1.82, 2.24) is 9.55 Å². The summed E-state index contributed by atoms with van der Waals surface area (Å²) in [4.78, 5) is 15.5. The zero-order chi connectivity index (χ0) is 14.7. The van der Waals surface area contributed by atoms with Crippen molar-refractivity contribution < 1.29 is 4.79 Å². The second-order valence-corrected chi connectivity index (χ2v) is 5.08. The zero-order valence-corrected chi connectivity index (χ0v) is 12.1. The van der Waals surface area contributed by atoms with Crippen molar-refractivity contribution in [3.63, 3.8) is 0 Å². The van der Waals surface area contributed by atoms with Gasteiger partial charge >= 0.3 is 0 Å². The van der Waals surface area contributed by atoms with Gasteiger partial charge in [0.25, 0.3) is 0 Å². The summed E-state index contributed by atoms with van der Waals surface area (Å²) in [5.41, 5.74) is 8.79. The largest absolute Gasteiger partial charge is 0.379 e. The highest BCUT2D eigenvalue weighted by Crippen LogP contribution is 2.20. The van der Waals surface area contributed by atoms with Crippen LogP contribution in [0.2, 0.25) is 0 Å². The van der Waals surface area contributed by atoms with Gasteiger partial charge in [0.2, 0.25) is 5.91 Å². The Bertz CT molecular complexity index is 616. The third-order valence-electron chi connectivity index (χ3n) is 3.36. The first-order valence-electron chi connectivity index (χ1n) is 6.64. The van der Waals surface area contributed by atoms with E-state index in [1.807, 2.05) is 31.6 Å². The molecule has 1 aromatic heterocycles. The number of rotatable bonds is 5. The molecular formula is C15H20N4O. The van der Waals surface area contributed by atoms with Gasteiger partial charge < -0.3 is 15.6 Å². The van der Waals surface area contributed by atoms with Crippen LogP contribution in [0.1, 0.15) is 41.5 Å². The number of hydrogen-bond acceptors (Lipinski definition) is 3. The van der Waals surface area contributed by atoms with E-state index in [0.29, 0.717) is 18.2 Å². The fourth-order valence-corrected chi connectivity index (χ4v) is 2.21. The lowest BCUT2D eigenvalue weighted by Crippen LogP contribution is -2.14. The number of nitrogens with one attached hydrogen (secondary N) is 1. The molecule has 2 aromatic rings. The molecule has 0 saturated carbocycles. The smallest absolute Gasteiger partial charge is 0.249 e. The van der Waals surface area contributed by atoms with Gasteiger partial charge in [0.05, 0.1) is 18.6 Å². The zero-order valence-electron chi connectivity index (χ0n) is 12.1. The number of primary amides is 1. The molecule has 1 amide bonds. The average Bonchev–Trinajstić information content (AvgIpc) is 2.85. The number of carbonyl (C=O) groups is 1. The Balaban J connectivity index is 2.17. The van der Waals surface area contributed by atoms with Gasteiger partial charge in [0, 0.05) is 23.5 Å². The summed E-state index contributed by atoms with van der Waals surface area (Å²) in [6.07, 6.45) is 3.68. The topological polar surface area (TPSA) is 72.9 Å². The fourth-order valence-electron chi connectivity index (χ4n) is 2.21. The predicted molar refractivity (Wildman–Crippen MR) is 79.6 cm³/mol. The van der Waals surface area contributed by atoms with E-state index in [9.17, 15) is 4.79 Å². The van der Waals surface area contributed by atoms with E-state index in [4.69, 9.17) is 5.73 Å². The van der Waals surface area contributed by atoms with Crippen LogP contribution < -0.4 is 11.1 Å². The molecule has 0 aliphatic rings. The minimum atomic E-state index is -0.404. The highest BCUT2D eigenvalue weighted by molar-refractivity contribution is 5.95. The first-order chi connectivity index (χ1) is 9.50. The Morgan fingerprint density at radius 2 is 2.20 bits per heavy atom. The first kappa shape index (κ1) is 14.1. The number of imidazole rings is 1. The lowest BCUT2D eigenvalue weighted by atomic mass is 10.1. The number of hydrogen-bond donors (Lipinski definition) is 2. The summed E-state index contributed by atoms with van der Waals surface area (Å²) >= 11 is 0. The molecule has 5 nitrogen and oxygen atoms in total. The van der Waals surface area contributed by atoms with E-state index in [0.717, 1.165) is 16.9 Å². The minimum absolute atomic E-state index is 0.368. The van der Waals surface area contributed by atoms with Crippen LogP contribution in [0.3, 0.4) is 0 Å². The lowest BCUT2D eigenvalue weighted by Gasteiger charge is -2.15. The van der Waals surface area contributed by atoms with Crippen molar-refractivity contribution in [2.75, 3.05) is 5.32 Å². The molecular weight excluding hydrogens is 252 g/mol. The summed E-state index contributed by atoms with van der Waals surface area (Å²) < 4.78 is 2.11. The van der Waals surface area contributed by atoms with Crippen LogP contribution in [0.5, 0.6) is 0 Å². The maximum absolute atomic E-state index is 11.3. The predicted octanol–water partition coefficient (Wildman–Crippen LogP) is 2.48. The van der Waals surface area contributed by atoms with Crippen molar-refractivity contribution >= 4 is 11.6 Å². The molecule has 0 atom stereocenters. The normalized spacial score (nSPS) is 10.8. The molecule has 0 aliphatic carbocycles. The van der Waals surface area contributed by atoms with Crippen LogP contribution >= 0.6 is 0 Å². The fraction of sp³-hybridized carbons (Fsp3) is 0.333. The van der Waals surface area contributed by atoms with Crippen molar-refractivity contribution in [2.24, 2.45) is 5.73 Å². The number of nitrogens with two attached hydrogens (primary N) is 1. The van der Waals surface area contributed by atoms with Gasteiger partial charge in [-0.25, -0.2) is 4.98 Å². The van der Waals surface area contributed by atoms with Gasteiger partial charge in [-0.05, 0) is 38.5 Å². The van der Waals surface area contributed by atoms with Crippen molar-refractivity contribution in [3.05, 3.63) is 47.5 Å². The number of aromatic nitrogens is 2. The Morgan fingerprint density at radius 1 is 1.45 bits per heavy atom. The molecule has 3 N–H and O–H groups in total. The summed E-state index contributed by atoms with van der Waals surface area (Å²) in [6, 6.07) is 5.88. The monoisotopic (exact) mass is 272 g/mol. The van der Waals surface area contributed by atoms with Gasteiger partial charge in [-0.1, -0.05) is 6.07 Å². The van der Waals surface area contributed by atoms with Crippen LogP contribution in [0, 0.1) is 6.92 Å². The lowest BCUT2D eigenvalue weighted by molar-refractivity contribution is 0.1000. The minimum Gasteiger partial charge on any atom is -0.379 e. The number of nitrogens with zero attached hydrogens (tertiary/aromatic N) is 2. The number of amides is 1. The molecule has 1 aromatic carbocycles. The number of benzene rings is 1. The van der Waals surface area contributed by atoms with Crippen molar-refractivity contribution in [1.29, 1.82) is 0 Å². The van der Waals surface area contributed by atoms with Crippen LogP contribution in [-0.2, 0) is 6.54 Å². The number of carbonyl (C=O) groups excluding carboxylic acids is 1. The summed E-state index contributed by atoms with van der Waals surface area (Å²) in [6.45, 7) is 6.78. The molecule has 0 spiro atoms. The SMILES string of the molecule is Cc1c(NCc2cncn2C(C)C)cccc1C(N)=O. The van der Waals surface area contributed by atoms with Gasteiger partial charge in [0.1, 0.15) is 0 Å². The Kier molecular flexibility index (Phi) is 4.08. The molecule has 0 radical (unpaired) electrons. The molecule has 0 fully saturated rings. The third kappa shape index (κ3) is 2.82. The van der Waals surface area contributed by atoms with Crippen molar-refractivity contribution in [2.45, 2.75) is 33.4 Å². The molecule has 106 valence electrons. The second kappa shape index (κ2) is 5.77. The van der Waals surface area contributed by atoms with Gasteiger partial charge in [-0.15, -0.1) is 0 Å². The molecule has 20 heavy (non-hydrogen) atoms. The first-order valence-corrected chi connectivity index (χ1v) is 6.64. The summed E-state index contributed by atoms with van der Waals surface area (Å²) in [5, 5.41) is 3.34. The van der Waals surface area contributed by atoms with E-state index >= 15 is 0 Å². The van der Waals surface area contributed by atoms with Crippen LogP contribution in [-0.4, -0.2) is 15.5 Å². The summed E-state index contributed by atoms with van der Waals surface area (Å²) in [5.74, 6) is -0.404. The highest BCUT2D eigenvalue weighted by Gasteiger charge is 2.09. The Labute approximate surface area is 118 Å². The quantitative estimate of drug-likeness (QED) is 0.878. The van der Waals surface area contributed by atoms with E-state index < -0.39 is 5.91 Å². The van der Waals surface area contributed by atoms with E-state index in [1.165, 1.54) is 0 Å². The molecule has 2 rings (SSSR count). The van der Waals surface area contributed by atoms with Crippen LogP contribution in [0.25, 0.3) is 0 Å². The van der Waals surface area contributed by atoms with Gasteiger partial charge in [0.15, 0.2) is 0 Å². The maximum atomic E-state index is 11.3. The second-order valence-electron chi connectivity index (χ2n) is 5.08. The Hall–Kier alpha value is -2.30. The van der Waals surface area contributed by atoms with Gasteiger partial charge in [-0.2, -0.15) is 0 Å². The summed E-state index contributed by atoms with van der Waals surface area (Å²) in [7, 11) is 0. The van der Waals surface area contributed by atoms with E-state index in [1.54, 1.807) is 6.07 Å². The average molecular weight is 272 g/mol. The van der Waals surface area contributed by atoms with E-state index in [2.05, 4.69) is 28.7 Å². The standard InChI is InChI=1S/C15H20N4O/c1-10(2)19-9-17-7-12(19)8-18-14-6-4-5-13(11(14)3)15(16)20/h4-7,9-10,18H,8H2,1-3H3,(H2,16,20). The molecule has 0 bridgehead atoms. The molecule has 5 heteroatoms.